The van der Waals surface area contributed by atoms with Gasteiger partial charge < -0.3 is 10.2 Å². The largest absolute Gasteiger partial charge is 0.396 e. The second kappa shape index (κ2) is 7.59. The van der Waals surface area contributed by atoms with Crippen LogP contribution in [-0.4, -0.2) is 37.9 Å². The molecule has 0 amide bonds. The van der Waals surface area contributed by atoms with Crippen molar-refractivity contribution < 1.29 is 22.8 Å². The van der Waals surface area contributed by atoms with Crippen molar-refractivity contribution in [1.29, 1.82) is 0 Å². The van der Waals surface area contributed by atoms with Gasteiger partial charge in [0.2, 0.25) is 0 Å². The number of benzene rings is 1. The quantitative estimate of drug-likeness (QED) is 0.555. The molecule has 0 spiro atoms. The fraction of sp³-hybridized carbons (Fsp3) is 0.538. The van der Waals surface area contributed by atoms with E-state index in [-0.39, 0.29) is 18.1 Å². The molecule has 0 fully saturated rings. The highest BCUT2D eigenvalue weighted by Gasteiger charge is 2.17. The Morgan fingerprint density at radius 2 is 1.84 bits per heavy atom. The Morgan fingerprint density at radius 3 is 2.42 bits per heavy atom. The van der Waals surface area contributed by atoms with Crippen LogP contribution in [0.3, 0.4) is 0 Å². The molecular weight excluding hydrogens is 268 g/mol. The fourth-order valence-electron chi connectivity index (χ4n) is 1.52. The summed E-state index contributed by atoms with van der Waals surface area (Å²) < 4.78 is 28.4. The zero-order chi connectivity index (χ0) is 14.3. The molecule has 1 aromatic carbocycles. The van der Waals surface area contributed by atoms with Gasteiger partial charge in [0.25, 0.3) is 10.1 Å². The molecule has 2 N–H and O–H groups in total. The standard InChI is InChI=1S/C13H20O5S/c1-11-5-7-13(8-6-11)19(16,17)18-10-12(15)4-2-3-9-14/h5-8,12,14-15H,2-4,9-10H2,1H3. The first-order valence-corrected chi connectivity index (χ1v) is 7.61. The molecule has 1 unspecified atom stereocenters. The molecule has 1 atom stereocenters. The molecule has 0 aromatic heterocycles. The molecule has 0 radical (unpaired) electrons. The van der Waals surface area contributed by atoms with Gasteiger partial charge >= 0.3 is 0 Å². The molecule has 0 aliphatic carbocycles. The fourth-order valence-corrected chi connectivity index (χ4v) is 2.46. The highest BCUT2D eigenvalue weighted by atomic mass is 32.2. The maximum Gasteiger partial charge on any atom is 0.297 e. The number of rotatable bonds is 8. The van der Waals surface area contributed by atoms with E-state index in [0.717, 1.165) is 5.56 Å². The van der Waals surface area contributed by atoms with Crippen LogP contribution in [0.25, 0.3) is 0 Å². The van der Waals surface area contributed by atoms with Gasteiger partial charge in [-0.15, -0.1) is 0 Å². The Kier molecular flexibility index (Phi) is 6.44. The van der Waals surface area contributed by atoms with E-state index in [0.29, 0.717) is 19.3 Å². The van der Waals surface area contributed by atoms with Gasteiger partial charge in [-0.2, -0.15) is 8.42 Å². The Hall–Kier alpha value is -0.950. The van der Waals surface area contributed by atoms with Crippen LogP contribution < -0.4 is 0 Å². The smallest absolute Gasteiger partial charge is 0.297 e. The van der Waals surface area contributed by atoms with Gasteiger partial charge in [0.05, 0.1) is 17.6 Å². The second-order valence-electron chi connectivity index (χ2n) is 4.42. The van der Waals surface area contributed by atoms with Crippen molar-refractivity contribution >= 4 is 10.1 Å². The average Bonchev–Trinajstić information content (AvgIpc) is 2.37. The highest BCUT2D eigenvalue weighted by molar-refractivity contribution is 7.86. The Bertz CT molecular complexity index is 466. The Morgan fingerprint density at radius 1 is 1.21 bits per heavy atom. The number of aliphatic hydroxyl groups excluding tert-OH is 2. The van der Waals surface area contributed by atoms with Crippen molar-refractivity contribution in [2.24, 2.45) is 0 Å². The summed E-state index contributed by atoms with van der Waals surface area (Å²) >= 11 is 0. The van der Waals surface area contributed by atoms with Crippen molar-refractivity contribution in [2.75, 3.05) is 13.2 Å². The summed E-state index contributed by atoms with van der Waals surface area (Å²) in [4.78, 5) is 0.0839. The molecule has 5 nitrogen and oxygen atoms in total. The van der Waals surface area contributed by atoms with Crippen LogP contribution in [0.4, 0.5) is 0 Å². The highest BCUT2D eigenvalue weighted by Crippen LogP contribution is 2.14. The van der Waals surface area contributed by atoms with Crippen LogP contribution in [0.15, 0.2) is 29.2 Å². The number of hydrogen-bond acceptors (Lipinski definition) is 5. The third-order valence-electron chi connectivity index (χ3n) is 2.67. The predicted molar refractivity (Wildman–Crippen MR) is 71.3 cm³/mol. The van der Waals surface area contributed by atoms with Crippen molar-refractivity contribution in [3.63, 3.8) is 0 Å². The van der Waals surface area contributed by atoms with E-state index < -0.39 is 16.2 Å². The van der Waals surface area contributed by atoms with Crippen LogP contribution >= 0.6 is 0 Å². The minimum atomic E-state index is -3.81. The van der Waals surface area contributed by atoms with Crippen LogP contribution in [-0.2, 0) is 14.3 Å². The Labute approximate surface area is 114 Å². The molecule has 19 heavy (non-hydrogen) atoms. The molecule has 0 aliphatic heterocycles. The molecule has 1 aromatic rings. The summed E-state index contributed by atoms with van der Waals surface area (Å²) in [6.07, 6.45) is 0.781. The first-order valence-electron chi connectivity index (χ1n) is 6.21. The predicted octanol–water partition coefficient (Wildman–Crippen LogP) is 1.22. The number of aliphatic hydroxyl groups is 2. The third kappa shape index (κ3) is 5.69. The zero-order valence-electron chi connectivity index (χ0n) is 10.9. The lowest BCUT2D eigenvalue weighted by Crippen LogP contribution is -2.19. The maximum absolute atomic E-state index is 11.8. The van der Waals surface area contributed by atoms with E-state index in [2.05, 4.69) is 0 Å². The molecule has 0 bridgehead atoms. The van der Waals surface area contributed by atoms with Crippen LogP contribution in [0, 0.1) is 6.92 Å². The van der Waals surface area contributed by atoms with Gasteiger partial charge in [0.1, 0.15) is 0 Å². The minimum absolute atomic E-state index is 0.0647. The zero-order valence-corrected chi connectivity index (χ0v) is 11.8. The normalized spacial score (nSPS) is 13.4. The lowest BCUT2D eigenvalue weighted by atomic mass is 10.2. The molecule has 0 saturated heterocycles. The van der Waals surface area contributed by atoms with Crippen molar-refractivity contribution in [3.8, 4) is 0 Å². The molecule has 0 saturated carbocycles. The van der Waals surface area contributed by atoms with Crippen LogP contribution in [0.2, 0.25) is 0 Å². The number of aryl methyl sites for hydroxylation is 1. The molecule has 108 valence electrons. The first kappa shape index (κ1) is 16.1. The van der Waals surface area contributed by atoms with Crippen molar-refractivity contribution in [1.82, 2.24) is 0 Å². The summed E-state index contributed by atoms with van der Waals surface area (Å²) in [6.45, 7) is 1.67. The minimum Gasteiger partial charge on any atom is -0.396 e. The van der Waals surface area contributed by atoms with E-state index in [1.54, 1.807) is 12.1 Å². The molecule has 0 heterocycles. The molecular formula is C13H20O5S. The monoisotopic (exact) mass is 288 g/mol. The van der Waals surface area contributed by atoms with E-state index in [4.69, 9.17) is 9.29 Å². The molecule has 0 aliphatic rings. The van der Waals surface area contributed by atoms with Crippen LogP contribution in [0.1, 0.15) is 24.8 Å². The second-order valence-corrected chi connectivity index (χ2v) is 6.04. The van der Waals surface area contributed by atoms with E-state index in [1.165, 1.54) is 12.1 Å². The third-order valence-corrected chi connectivity index (χ3v) is 3.97. The van der Waals surface area contributed by atoms with Gasteiger partial charge in [-0.3, -0.25) is 4.18 Å². The van der Waals surface area contributed by atoms with Gasteiger partial charge in [-0.05, 0) is 38.3 Å². The maximum atomic E-state index is 11.8. The first-order chi connectivity index (χ1) is 8.95. The van der Waals surface area contributed by atoms with Gasteiger partial charge in [0, 0.05) is 6.61 Å². The summed E-state index contributed by atoms with van der Waals surface area (Å²) in [5, 5.41) is 18.2. The summed E-state index contributed by atoms with van der Waals surface area (Å²) in [7, 11) is -3.81. The van der Waals surface area contributed by atoms with E-state index in [9.17, 15) is 13.5 Å². The topological polar surface area (TPSA) is 83.8 Å². The molecule has 6 heteroatoms. The van der Waals surface area contributed by atoms with Gasteiger partial charge in [0.15, 0.2) is 0 Å². The molecule has 1 rings (SSSR count). The number of unbranched alkanes of at least 4 members (excludes halogenated alkanes) is 1. The SMILES string of the molecule is Cc1ccc(S(=O)(=O)OCC(O)CCCCO)cc1. The van der Waals surface area contributed by atoms with E-state index in [1.807, 2.05) is 6.92 Å². The van der Waals surface area contributed by atoms with Crippen molar-refractivity contribution in [2.45, 2.75) is 37.2 Å². The lowest BCUT2D eigenvalue weighted by Gasteiger charge is -2.11. The Balaban J connectivity index is 2.49. The lowest BCUT2D eigenvalue weighted by molar-refractivity contribution is 0.0989. The number of hydrogen-bond donors (Lipinski definition) is 2. The van der Waals surface area contributed by atoms with Gasteiger partial charge in [-0.1, -0.05) is 17.7 Å². The summed E-state index contributed by atoms with van der Waals surface area (Å²) in [6, 6.07) is 6.33. The van der Waals surface area contributed by atoms with E-state index >= 15 is 0 Å². The van der Waals surface area contributed by atoms with Crippen molar-refractivity contribution in [3.05, 3.63) is 29.8 Å². The van der Waals surface area contributed by atoms with Crippen LogP contribution in [0.5, 0.6) is 0 Å². The summed E-state index contributed by atoms with van der Waals surface area (Å²) in [5.74, 6) is 0. The summed E-state index contributed by atoms with van der Waals surface area (Å²) in [5.41, 5.74) is 0.961. The average molecular weight is 288 g/mol. The van der Waals surface area contributed by atoms with Gasteiger partial charge in [-0.25, -0.2) is 0 Å².